The van der Waals surface area contributed by atoms with Gasteiger partial charge in [-0.2, -0.15) is 13.2 Å². The maximum Gasteiger partial charge on any atom is 0.416 e. The molecule has 0 amide bonds. The molecule has 2 aliphatic rings. The van der Waals surface area contributed by atoms with Gasteiger partial charge in [-0.15, -0.1) is 0 Å². The number of furan rings is 1. The normalized spacial score (nSPS) is 22.1. The SMILES string of the molecule is C/C(=C\c1ccco1)CN1CCC[C@H](N2CCN(c3cccc(C(F)(F)F)c3)CC2)C1. The van der Waals surface area contributed by atoms with Gasteiger partial charge >= 0.3 is 6.18 Å². The van der Waals surface area contributed by atoms with Crippen molar-refractivity contribution >= 4 is 11.8 Å². The van der Waals surface area contributed by atoms with Gasteiger partial charge in [0.2, 0.25) is 0 Å². The Balaban J connectivity index is 1.30. The van der Waals surface area contributed by atoms with Crippen molar-refractivity contribution in [2.24, 2.45) is 0 Å². The lowest BCUT2D eigenvalue weighted by molar-refractivity contribution is -0.137. The van der Waals surface area contributed by atoms with E-state index in [0.717, 1.165) is 57.6 Å². The maximum atomic E-state index is 13.0. The van der Waals surface area contributed by atoms with Crippen molar-refractivity contribution in [3.8, 4) is 0 Å². The highest BCUT2D eigenvalue weighted by Crippen LogP contribution is 2.32. The summed E-state index contributed by atoms with van der Waals surface area (Å²) in [5.41, 5.74) is 1.37. The van der Waals surface area contributed by atoms with E-state index in [0.29, 0.717) is 11.7 Å². The minimum Gasteiger partial charge on any atom is -0.465 e. The summed E-state index contributed by atoms with van der Waals surface area (Å²) in [5, 5.41) is 0. The molecule has 0 saturated carbocycles. The molecule has 0 spiro atoms. The van der Waals surface area contributed by atoms with E-state index in [9.17, 15) is 13.2 Å². The Bertz CT molecular complexity index is 870. The summed E-state index contributed by atoms with van der Waals surface area (Å²) in [4.78, 5) is 7.09. The van der Waals surface area contributed by atoms with Crippen molar-refractivity contribution < 1.29 is 17.6 Å². The third kappa shape index (κ3) is 5.71. The smallest absolute Gasteiger partial charge is 0.416 e. The van der Waals surface area contributed by atoms with Crippen molar-refractivity contribution in [2.75, 3.05) is 50.7 Å². The van der Waals surface area contributed by atoms with E-state index >= 15 is 0 Å². The Morgan fingerprint density at radius 1 is 1.10 bits per heavy atom. The molecule has 168 valence electrons. The molecule has 2 aliphatic heterocycles. The summed E-state index contributed by atoms with van der Waals surface area (Å²) in [5.74, 6) is 0.886. The molecule has 1 aromatic heterocycles. The highest BCUT2D eigenvalue weighted by atomic mass is 19.4. The zero-order chi connectivity index (χ0) is 21.8. The third-order valence-corrected chi connectivity index (χ3v) is 6.25. The Morgan fingerprint density at radius 3 is 2.61 bits per heavy atom. The molecule has 4 nitrogen and oxygen atoms in total. The molecule has 1 atom stereocenters. The maximum absolute atomic E-state index is 13.0. The van der Waals surface area contributed by atoms with Crippen molar-refractivity contribution in [1.82, 2.24) is 9.80 Å². The highest BCUT2D eigenvalue weighted by molar-refractivity contribution is 5.50. The first kappa shape index (κ1) is 22.0. The molecule has 0 unspecified atom stereocenters. The number of piperazine rings is 1. The molecule has 0 radical (unpaired) electrons. The van der Waals surface area contributed by atoms with Crippen LogP contribution in [0.3, 0.4) is 0 Å². The van der Waals surface area contributed by atoms with E-state index in [2.05, 4.69) is 27.7 Å². The first-order valence-corrected chi connectivity index (χ1v) is 11.0. The zero-order valence-electron chi connectivity index (χ0n) is 17.9. The van der Waals surface area contributed by atoms with Crippen LogP contribution in [0, 0.1) is 0 Å². The highest BCUT2D eigenvalue weighted by Gasteiger charge is 2.32. The van der Waals surface area contributed by atoms with E-state index in [1.807, 2.05) is 12.1 Å². The summed E-state index contributed by atoms with van der Waals surface area (Å²) in [7, 11) is 0. The van der Waals surface area contributed by atoms with Crippen molar-refractivity contribution in [2.45, 2.75) is 32.0 Å². The summed E-state index contributed by atoms with van der Waals surface area (Å²) in [6.07, 6.45) is 1.84. The van der Waals surface area contributed by atoms with Crippen LogP contribution in [0.2, 0.25) is 0 Å². The lowest BCUT2D eigenvalue weighted by Crippen LogP contribution is -2.55. The van der Waals surface area contributed by atoms with E-state index in [-0.39, 0.29) is 0 Å². The second-order valence-electron chi connectivity index (χ2n) is 8.61. The monoisotopic (exact) mass is 433 g/mol. The summed E-state index contributed by atoms with van der Waals surface area (Å²) < 4.78 is 44.5. The Morgan fingerprint density at radius 2 is 1.90 bits per heavy atom. The fourth-order valence-electron chi connectivity index (χ4n) is 4.71. The fraction of sp³-hybridized carbons (Fsp3) is 0.500. The number of alkyl halides is 3. The summed E-state index contributed by atoms with van der Waals surface area (Å²) in [6, 6.07) is 10.1. The summed E-state index contributed by atoms with van der Waals surface area (Å²) in [6.45, 7) is 8.49. The molecule has 2 fully saturated rings. The number of rotatable bonds is 5. The van der Waals surface area contributed by atoms with E-state index in [4.69, 9.17) is 4.42 Å². The minimum absolute atomic E-state index is 0.508. The molecule has 4 rings (SSSR count). The summed E-state index contributed by atoms with van der Waals surface area (Å²) >= 11 is 0. The molecule has 0 bridgehead atoms. The van der Waals surface area contributed by atoms with Gasteiger partial charge in [-0.25, -0.2) is 0 Å². The van der Waals surface area contributed by atoms with Crippen LogP contribution in [0.5, 0.6) is 0 Å². The largest absolute Gasteiger partial charge is 0.465 e. The van der Waals surface area contributed by atoms with Gasteiger partial charge in [0.1, 0.15) is 5.76 Å². The topological polar surface area (TPSA) is 22.9 Å². The first-order valence-electron chi connectivity index (χ1n) is 11.0. The van der Waals surface area contributed by atoms with Crippen LogP contribution >= 0.6 is 0 Å². The van der Waals surface area contributed by atoms with Crippen LogP contribution in [-0.4, -0.2) is 61.7 Å². The number of benzene rings is 1. The van der Waals surface area contributed by atoms with Crippen LogP contribution in [0.15, 0.2) is 52.7 Å². The number of halogens is 3. The number of piperidine rings is 1. The van der Waals surface area contributed by atoms with Crippen LogP contribution in [0.1, 0.15) is 31.1 Å². The molecule has 1 aromatic carbocycles. The first-order chi connectivity index (χ1) is 14.9. The molecule has 2 aromatic rings. The molecule has 0 N–H and O–H groups in total. The lowest BCUT2D eigenvalue weighted by atomic mass is 10.0. The van der Waals surface area contributed by atoms with E-state index < -0.39 is 11.7 Å². The average molecular weight is 434 g/mol. The Labute approximate surface area is 181 Å². The van der Waals surface area contributed by atoms with Crippen molar-refractivity contribution in [1.29, 1.82) is 0 Å². The predicted octanol–water partition coefficient (Wildman–Crippen LogP) is 4.99. The molecule has 3 heterocycles. The molecule has 31 heavy (non-hydrogen) atoms. The van der Waals surface area contributed by atoms with Crippen LogP contribution < -0.4 is 4.90 Å². The van der Waals surface area contributed by atoms with Gasteiger partial charge < -0.3 is 9.32 Å². The lowest BCUT2D eigenvalue weighted by Gasteiger charge is -2.44. The van der Waals surface area contributed by atoms with Gasteiger partial charge in [0.05, 0.1) is 11.8 Å². The molecular formula is C24H30F3N3O. The quantitative estimate of drug-likeness (QED) is 0.663. The second kappa shape index (κ2) is 9.49. The van der Waals surface area contributed by atoms with Crippen LogP contribution in [0.4, 0.5) is 18.9 Å². The number of anilines is 1. The van der Waals surface area contributed by atoms with Gasteiger partial charge in [0.15, 0.2) is 0 Å². The fourth-order valence-corrected chi connectivity index (χ4v) is 4.71. The minimum atomic E-state index is -4.30. The van der Waals surface area contributed by atoms with E-state index in [1.54, 1.807) is 12.3 Å². The van der Waals surface area contributed by atoms with Gasteiger partial charge in [-0.3, -0.25) is 9.80 Å². The number of hydrogen-bond donors (Lipinski definition) is 0. The number of hydrogen-bond acceptors (Lipinski definition) is 4. The predicted molar refractivity (Wildman–Crippen MR) is 117 cm³/mol. The van der Waals surface area contributed by atoms with Crippen LogP contribution in [0.25, 0.3) is 6.08 Å². The van der Waals surface area contributed by atoms with Crippen molar-refractivity contribution in [3.63, 3.8) is 0 Å². The molecular weight excluding hydrogens is 403 g/mol. The second-order valence-corrected chi connectivity index (χ2v) is 8.61. The van der Waals surface area contributed by atoms with Gasteiger partial charge in [0, 0.05) is 51.0 Å². The molecule has 0 aliphatic carbocycles. The standard InChI is InChI=1S/C24H30F3N3O/c1-19(15-23-8-4-14-31-23)17-28-9-3-7-22(18-28)30-12-10-29(11-13-30)21-6-2-5-20(16-21)24(25,26)27/h2,4-6,8,14-16,22H,3,7,9-13,17-18H2,1H3/b19-15+/t22-/m0/s1. The van der Waals surface area contributed by atoms with Gasteiger partial charge in [-0.05, 0) is 62.7 Å². The number of nitrogens with zero attached hydrogens (tertiary/aromatic N) is 3. The van der Waals surface area contributed by atoms with Crippen molar-refractivity contribution in [3.05, 3.63) is 59.6 Å². The van der Waals surface area contributed by atoms with Crippen LogP contribution in [-0.2, 0) is 6.18 Å². The average Bonchev–Trinajstić information content (AvgIpc) is 3.26. The molecule has 2 saturated heterocycles. The Hall–Kier alpha value is -2.25. The third-order valence-electron chi connectivity index (χ3n) is 6.25. The molecule has 7 heteroatoms. The van der Waals surface area contributed by atoms with E-state index in [1.165, 1.54) is 30.5 Å². The Kier molecular flexibility index (Phi) is 6.72. The number of likely N-dealkylation sites (tertiary alicyclic amines) is 1. The van der Waals surface area contributed by atoms with Gasteiger partial charge in [-0.1, -0.05) is 11.6 Å². The van der Waals surface area contributed by atoms with Gasteiger partial charge in [0.25, 0.3) is 0 Å². The zero-order valence-corrected chi connectivity index (χ0v) is 17.9.